The molecule has 9 heteroatoms. The Balaban J connectivity index is 1.81. The predicted molar refractivity (Wildman–Crippen MR) is 96.5 cm³/mol. The summed E-state index contributed by atoms with van der Waals surface area (Å²) in [6.45, 7) is 0.173. The molecule has 1 N–H and O–H groups in total. The molecule has 1 heterocycles. The van der Waals surface area contributed by atoms with Crippen LogP contribution in [0.3, 0.4) is 0 Å². The number of anilines is 1. The summed E-state index contributed by atoms with van der Waals surface area (Å²) in [5.41, 5.74) is 0.0686. The van der Waals surface area contributed by atoms with Crippen molar-refractivity contribution < 1.29 is 14.1 Å². The van der Waals surface area contributed by atoms with E-state index in [4.69, 9.17) is 0 Å². The van der Waals surface area contributed by atoms with E-state index in [1.807, 2.05) is 0 Å². The van der Waals surface area contributed by atoms with Crippen LogP contribution in [0, 0.1) is 15.9 Å². The Morgan fingerprint density at radius 2 is 1.92 bits per heavy atom. The zero-order valence-electron chi connectivity index (χ0n) is 13.2. The molecule has 0 atom stereocenters. The van der Waals surface area contributed by atoms with Gasteiger partial charge in [0.1, 0.15) is 11.4 Å². The van der Waals surface area contributed by atoms with Gasteiger partial charge >= 0.3 is 0 Å². The Labute approximate surface area is 155 Å². The lowest BCUT2D eigenvalue weighted by molar-refractivity contribution is -0.385. The highest BCUT2D eigenvalue weighted by Gasteiger charge is 2.21. The van der Waals surface area contributed by atoms with Crippen LogP contribution in [0.2, 0.25) is 0 Å². The zero-order chi connectivity index (χ0) is 18.7. The van der Waals surface area contributed by atoms with E-state index in [2.05, 4.69) is 26.3 Å². The van der Waals surface area contributed by atoms with Gasteiger partial charge in [-0.25, -0.2) is 4.39 Å². The van der Waals surface area contributed by atoms with Crippen LogP contribution in [0.4, 0.5) is 15.9 Å². The number of para-hydroxylation sites is 1. The first-order valence-corrected chi connectivity index (χ1v) is 8.26. The van der Waals surface area contributed by atoms with Gasteiger partial charge in [-0.3, -0.25) is 19.6 Å². The van der Waals surface area contributed by atoms with Crippen LogP contribution >= 0.6 is 15.9 Å². The van der Waals surface area contributed by atoms with Gasteiger partial charge in [-0.15, -0.1) is 0 Å². The molecule has 0 bridgehead atoms. The van der Waals surface area contributed by atoms with Gasteiger partial charge < -0.3 is 5.32 Å². The highest BCUT2D eigenvalue weighted by atomic mass is 79.9. The second kappa shape index (κ2) is 7.44. The highest BCUT2D eigenvalue weighted by Crippen LogP contribution is 2.24. The number of carbonyl (C=O) groups is 1. The summed E-state index contributed by atoms with van der Waals surface area (Å²) in [4.78, 5) is 22.8. The van der Waals surface area contributed by atoms with Gasteiger partial charge in [-0.05, 0) is 28.1 Å². The summed E-state index contributed by atoms with van der Waals surface area (Å²) >= 11 is 3.27. The minimum Gasteiger partial charge on any atom is -0.304 e. The SMILES string of the molecule is O=C(Nc1nn(Cc2ccccc2F)cc1Br)c1ccccc1[N+](=O)[O-]. The summed E-state index contributed by atoms with van der Waals surface area (Å²) in [5.74, 6) is -0.830. The molecule has 7 nitrogen and oxygen atoms in total. The minimum atomic E-state index is -0.658. The number of amides is 1. The van der Waals surface area contributed by atoms with Crippen LogP contribution < -0.4 is 5.32 Å². The third-order valence-corrected chi connectivity index (χ3v) is 4.16. The van der Waals surface area contributed by atoms with E-state index in [1.54, 1.807) is 24.4 Å². The van der Waals surface area contributed by atoms with Crippen molar-refractivity contribution in [2.75, 3.05) is 5.32 Å². The molecular formula is C17H12BrFN4O3. The first kappa shape index (κ1) is 17.7. The van der Waals surface area contributed by atoms with Crippen LogP contribution in [0.5, 0.6) is 0 Å². The third kappa shape index (κ3) is 3.77. The fraction of sp³-hybridized carbons (Fsp3) is 0.0588. The van der Waals surface area contributed by atoms with Crippen molar-refractivity contribution in [3.05, 3.63) is 86.3 Å². The van der Waals surface area contributed by atoms with Crippen LogP contribution in [0.1, 0.15) is 15.9 Å². The van der Waals surface area contributed by atoms with E-state index in [0.717, 1.165) is 0 Å². The number of carbonyl (C=O) groups excluding carboxylic acids is 1. The molecule has 3 aromatic rings. The number of nitrogens with zero attached hydrogens (tertiary/aromatic N) is 3. The van der Waals surface area contributed by atoms with Crippen molar-refractivity contribution in [1.29, 1.82) is 0 Å². The van der Waals surface area contributed by atoms with Crippen LogP contribution in [0.15, 0.2) is 59.2 Å². The first-order valence-electron chi connectivity index (χ1n) is 7.47. The second-order valence-electron chi connectivity index (χ2n) is 5.34. The number of hydrogen-bond acceptors (Lipinski definition) is 4. The highest BCUT2D eigenvalue weighted by molar-refractivity contribution is 9.10. The fourth-order valence-electron chi connectivity index (χ4n) is 2.36. The summed E-state index contributed by atoms with van der Waals surface area (Å²) in [6, 6.07) is 11.9. The Morgan fingerprint density at radius 1 is 1.23 bits per heavy atom. The summed E-state index contributed by atoms with van der Waals surface area (Å²) in [7, 11) is 0. The number of hydrogen-bond donors (Lipinski definition) is 1. The number of benzene rings is 2. The van der Waals surface area contributed by atoms with Gasteiger partial charge in [0, 0.05) is 17.8 Å². The van der Waals surface area contributed by atoms with E-state index >= 15 is 0 Å². The largest absolute Gasteiger partial charge is 0.304 e. The molecule has 0 aliphatic rings. The van der Waals surface area contributed by atoms with Gasteiger partial charge in [-0.2, -0.15) is 5.10 Å². The number of nitrogens with one attached hydrogen (secondary N) is 1. The smallest absolute Gasteiger partial charge is 0.282 e. The second-order valence-corrected chi connectivity index (χ2v) is 6.20. The fourth-order valence-corrected chi connectivity index (χ4v) is 2.78. The van der Waals surface area contributed by atoms with Gasteiger partial charge in [0.05, 0.1) is 15.9 Å². The molecule has 0 radical (unpaired) electrons. The third-order valence-electron chi connectivity index (χ3n) is 3.58. The van der Waals surface area contributed by atoms with Crippen LogP contribution in [0.25, 0.3) is 0 Å². The van der Waals surface area contributed by atoms with Crippen LogP contribution in [-0.2, 0) is 6.54 Å². The van der Waals surface area contributed by atoms with Crippen molar-refractivity contribution >= 4 is 33.3 Å². The standard InChI is InChI=1S/C17H12BrFN4O3/c18-13-10-22(9-11-5-1-3-7-14(11)19)21-16(13)20-17(24)12-6-2-4-8-15(12)23(25)26/h1-8,10H,9H2,(H,20,21,24). The van der Waals surface area contributed by atoms with Crippen molar-refractivity contribution in [3.8, 4) is 0 Å². The van der Waals surface area contributed by atoms with E-state index < -0.39 is 10.8 Å². The summed E-state index contributed by atoms with van der Waals surface area (Å²) in [5, 5.41) is 17.8. The molecule has 26 heavy (non-hydrogen) atoms. The number of rotatable bonds is 5. The Kier molecular flexibility index (Phi) is 5.08. The van der Waals surface area contributed by atoms with Crippen molar-refractivity contribution in [2.24, 2.45) is 0 Å². The van der Waals surface area contributed by atoms with Gasteiger partial charge in [0.2, 0.25) is 0 Å². The monoisotopic (exact) mass is 418 g/mol. The normalized spacial score (nSPS) is 10.5. The van der Waals surface area contributed by atoms with E-state index in [1.165, 1.54) is 35.0 Å². The number of nitro benzene ring substituents is 1. The van der Waals surface area contributed by atoms with Crippen molar-refractivity contribution in [2.45, 2.75) is 6.54 Å². The van der Waals surface area contributed by atoms with E-state index in [9.17, 15) is 19.3 Å². The van der Waals surface area contributed by atoms with E-state index in [0.29, 0.717) is 10.0 Å². The lowest BCUT2D eigenvalue weighted by Crippen LogP contribution is -2.15. The maximum absolute atomic E-state index is 13.7. The minimum absolute atomic E-state index is 0.0759. The number of aromatic nitrogens is 2. The topological polar surface area (TPSA) is 90.1 Å². The van der Waals surface area contributed by atoms with E-state index in [-0.39, 0.29) is 29.4 Å². The van der Waals surface area contributed by atoms with Crippen LogP contribution in [-0.4, -0.2) is 20.6 Å². The Hall–Kier alpha value is -3.07. The number of nitro groups is 1. The quantitative estimate of drug-likeness (QED) is 0.500. The molecule has 0 spiro atoms. The van der Waals surface area contributed by atoms with Crippen molar-refractivity contribution in [1.82, 2.24) is 9.78 Å². The predicted octanol–water partition coefficient (Wildman–Crippen LogP) is 3.99. The molecule has 0 unspecified atom stereocenters. The summed E-state index contributed by atoms with van der Waals surface area (Å²) in [6.07, 6.45) is 1.58. The number of halogens is 2. The molecule has 0 saturated heterocycles. The maximum Gasteiger partial charge on any atom is 0.282 e. The average Bonchev–Trinajstić information content (AvgIpc) is 2.96. The molecule has 0 aliphatic heterocycles. The molecular weight excluding hydrogens is 407 g/mol. The first-order chi connectivity index (χ1) is 12.5. The van der Waals surface area contributed by atoms with Gasteiger partial charge in [0.15, 0.2) is 5.82 Å². The van der Waals surface area contributed by atoms with Crippen molar-refractivity contribution in [3.63, 3.8) is 0 Å². The molecule has 3 rings (SSSR count). The molecule has 0 fully saturated rings. The zero-order valence-corrected chi connectivity index (χ0v) is 14.8. The molecule has 2 aromatic carbocycles. The lowest BCUT2D eigenvalue weighted by Gasteiger charge is -2.04. The Bertz CT molecular complexity index is 990. The molecule has 0 aliphatic carbocycles. The molecule has 132 valence electrons. The molecule has 1 amide bonds. The van der Waals surface area contributed by atoms with Gasteiger partial charge in [-0.1, -0.05) is 30.3 Å². The Morgan fingerprint density at radius 3 is 2.65 bits per heavy atom. The lowest BCUT2D eigenvalue weighted by atomic mass is 10.1. The summed E-state index contributed by atoms with van der Waals surface area (Å²) < 4.78 is 15.7. The maximum atomic E-state index is 13.7. The van der Waals surface area contributed by atoms with Gasteiger partial charge in [0.25, 0.3) is 11.6 Å². The molecule has 1 aromatic heterocycles. The molecule has 0 saturated carbocycles. The average molecular weight is 419 g/mol.